The van der Waals surface area contributed by atoms with Crippen molar-refractivity contribution in [1.29, 1.82) is 0 Å². The van der Waals surface area contributed by atoms with Crippen molar-refractivity contribution in [2.24, 2.45) is 5.41 Å². The highest BCUT2D eigenvalue weighted by molar-refractivity contribution is 5.84. The zero-order chi connectivity index (χ0) is 20.1. The number of alkyl halides is 3. The Balaban J connectivity index is 1.60. The van der Waals surface area contributed by atoms with E-state index in [9.17, 15) is 18.0 Å². The molecule has 1 atom stereocenters. The van der Waals surface area contributed by atoms with Crippen LogP contribution in [0, 0.1) is 5.41 Å². The fourth-order valence-corrected chi connectivity index (χ4v) is 3.20. The van der Waals surface area contributed by atoms with Crippen molar-refractivity contribution in [1.82, 2.24) is 15.0 Å². The van der Waals surface area contributed by atoms with Crippen LogP contribution in [-0.4, -0.2) is 46.8 Å². The van der Waals surface area contributed by atoms with Gasteiger partial charge in [0.2, 0.25) is 11.7 Å². The van der Waals surface area contributed by atoms with Crippen molar-refractivity contribution >= 4 is 5.91 Å². The molecule has 7 nitrogen and oxygen atoms in total. The molecule has 3 heterocycles. The van der Waals surface area contributed by atoms with Crippen molar-refractivity contribution < 1.29 is 32.0 Å². The maximum absolute atomic E-state index is 12.9. The molecule has 1 aromatic carbocycles. The average Bonchev–Trinajstić information content (AvgIpc) is 3.06. The highest BCUT2D eigenvalue weighted by Crippen LogP contribution is 2.35. The molecule has 0 spiro atoms. The number of hydrogen-bond acceptors (Lipinski definition) is 6. The normalized spacial score (nSPS) is 21.3. The lowest BCUT2D eigenvalue weighted by atomic mass is 9.86. The Hall–Kier alpha value is -2.62. The Bertz CT molecular complexity index is 908. The molecule has 2 aromatic rings. The van der Waals surface area contributed by atoms with E-state index in [1.165, 1.54) is 0 Å². The average molecular weight is 397 g/mol. The molecule has 0 unspecified atom stereocenters. The predicted molar refractivity (Wildman–Crippen MR) is 89.2 cm³/mol. The zero-order valence-corrected chi connectivity index (χ0v) is 15.2. The second-order valence-corrected chi connectivity index (χ2v) is 7.39. The number of carbonyl (C=O) groups excluding carboxylic acids is 1. The number of hydrogen-bond donors (Lipinski definition) is 0. The van der Waals surface area contributed by atoms with Crippen LogP contribution in [0.4, 0.5) is 13.2 Å². The van der Waals surface area contributed by atoms with Gasteiger partial charge in [0.05, 0.1) is 24.7 Å². The number of rotatable bonds is 2. The Morgan fingerprint density at radius 2 is 2.07 bits per heavy atom. The molecule has 1 saturated heterocycles. The second kappa shape index (κ2) is 6.47. The van der Waals surface area contributed by atoms with E-state index in [0.29, 0.717) is 31.1 Å². The van der Waals surface area contributed by atoms with E-state index in [2.05, 4.69) is 14.7 Å². The lowest BCUT2D eigenvalue weighted by molar-refractivity contribution is -0.171. The van der Waals surface area contributed by atoms with Crippen LogP contribution >= 0.6 is 0 Å². The molecule has 2 aliphatic rings. The molecule has 150 valence electrons. The van der Waals surface area contributed by atoms with Gasteiger partial charge in [-0.25, -0.2) is 0 Å². The van der Waals surface area contributed by atoms with Gasteiger partial charge < -0.3 is 18.9 Å². The maximum Gasteiger partial charge on any atom is 0.471 e. The number of fused-ring (bicyclic) bond motifs is 1. The third-order valence-electron chi connectivity index (χ3n) is 4.97. The van der Waals surface area contributed by atoms with Gasteiger partial charge in [0, 0.05) is 17.7 Å². The van der Waals surface area contributed by atoms with E-state index in [1.807, 2.05) is 13.8 Å². The zero-order valence-electron chi connectivity index (χ0n) is 15.2. The molecule has 1 fully saturated rings. The first-order chi connectivity index (χ1) is 13.2. The molecule has 10 heteroatoms. The number of carbonyl (C=O) groups is 1. The molecule has 0 aliphatic carbocycles. The topological polar surface area (TPSA) is 77.7 Å². The summed E-state index contributed by atoms with van der Waals surface area (Å²) in [5.41, 5.74) is 0.562. The molecule has 28 heavy (non-hydrogen) atoms. The van der Waals surface area contributed by atoms with Gasteiger partial charge in [0.25, 0.3) is 0 Å². The van der Waals surface area contributed by atoms with E-state index in [0.717, 1.165) is 5.56 Å². The van der Waals surface area contributed by atoms with Crippen molar-refractivity contribution in [3.8, 4) is 17.1 Å². The van der Waals surface area contributed by atoms with Gasteiger partial charge in [0.1, 0.15) is 12.4 Å². The van der Waals surface area contributed by atoms with Crippen molar-refractivity contribution in [3.05, 3.63) is 29.7 Å². The number of halogens is 3. The monoisotopic (exact) mass is 397 g/mol. The van der Waals surface area contributed by atoms with E-state index in [1.54, 1.807) is 23.1 Å². The smallest absolute Gasteiger partial charge is 0.471 e. The Morgan fingerprint density at radius 3 is 2.68 bits per heavy atom. The fourth-order valence-electron chi connectivity index (χ4n) is 3.20. The van der Waals surface area contributed by atoms with Crippen molar-refractivity contribution in [2.45, 2.75) is 32.6 Å². The van der Waals surface area contributed by atoms with E-state index >= 15 is 0 Å². The van der Waals surface area contributed by atoms with Gasteiger partial charge >= 0.3 is 12.1 Å². The number of amides is 1. The third kappa shape index (κ3) is 3.21. The minimum absolute atomic E-state index is 0.000219. The summed E-state index contributed by atoms with van der Waals surface area (Å²) in [5, 5.41) is 3.39. The first-order valence-corrected chi connectivity index (χ1v) is 8.73. The SMILES string of the molecule is C[C@H]1COc2cc(-c3noc(C(F)(F)F)n3)ccc2CN1C(=O)C1(C)COC1. The number of nitrogens with zero attached hydrogens (tertiary/aromatic N) is 3. The van der Waals surface area contributed by atoms with Gasteiger partial charge in [-0.3, -0.25) is 4.79 Å². The molecule has 1 aromatic heterocycles. The van der Waals surface area contributed by atoms with Crippen molar-refractivity contribution in [2.75, 3.05) is 19.8 Å². The Kier molecular flexibility index (Phi) is 4.33. The van der Waals surface area contributed by atoms with Gasteiger partial charge in [-0.15, -0.1) is 0 Å². The third-order valence-corrected chi connectivity index (χ3v) is 4.97. The fraction of sp³-hybridized carbons (Fsp3) is 0.500. The van der Waals surface area contributed by atoms with Crippen LogP contribution in [0.25, 0.3) is 11.4 Å². The minimum Gasteiger partial charge on any atom is -0.491 e. The van der Waals surface area contributed by atoms with Crippen LogP contribution in [0.2, 0.25) is 0 Å². The first kappa shape index (κ1) is 18.7. The van der Waals surface area contributed by atoms with Gasteiger partial charge in [0.15, 0.2) is 0 Å². The summed E-state index contributed by atoms with van der Waals surface area (Å²) < 4.78 is 53.3. The molecule has 0 saturated carbocycles. The van der Waals surface area contributed by atoms with Crippen LogP contribution < -0.4 is 4.74 Å². The van der Waals surface area contributed by atoms with Crippen LogP contribution in [0.3, 0.4) is 0 Å². The highest BCUT2D eigenvalue weighted by Gasteiger charge is 2.45. The molecular weight excluding hydrogens is 379 g/mol. The van der Waals surface area contributed by atoms with Gasteiger partial charge in [-0.1, -0.05) is 17.3 Å². The largest absolute Gasteiger partial charge is 0.491 e. The highest BCUT2D eigenvalue weighted by atomic mass is 19.4. The molecule has 0 radical (unpaired) electrons. The number of ether oxygens (including phenoxy) is 2. The summed E-state index contributed by atoms with van der Waals surface area (Å²) in [7, 11) is 0. The summed E-state index contributed by atoms with van der Waals surface area (Å²) in [6.07, 6.45) is -4.70. The molecular formula is C18H18F3N3O4. The second-order valence-electron chi connectivity index (χ2n) is 7.39. The molecule has 4 rings (SSSR count). The Labute approximate surface area is 158 Å². The molecule has 0 N–H and O–H groups in total. The summed E-state index contributed by atoms with van der Waals surface area (Å²) in [6, 6.07) is 4.68. The molecule has 1 amide bonds. The van der Waals surface area contributed by atoms with Crippen molar-refractivity contribution in [3.63, 3.8) is 0 Å². The van der Waals surface area contributed by atoms with Crippen LogP contribution in [0.15, 0.2) is 22.7 Å². The minimum atomic E-state index is -4.70. The van der Waals surface area contributed by atoms with E-state index in [4.69, 9.17) is 9.47 Å². The van der Waals surface area contributed by atoms with E-state index in [-0.39, 0.29) is 24.4 Å². The van der Waals surface area contributed by atoms with Crippen LogP contribution in [-0.2, 0) is 22.3 Å². The number of aromatic nitrogens is 2. The summed E-state index contributed by atoms with van der Waals surface area (Å²) in [5.74, 6) is -1.10. The molecule has 2 aliphatic heterocycles. The quantitative estimate of drug-likeness (QED) is 0.776. The standard InChI is InChI=1S/C18H18F3N3O4/c1-10-7-27-13-5-11(14-22-15(28-23-14)18(19,20)21)3-4-12(13)6-24(10)16(25)17(2)8-26-9-17/h3-5,10H,6-9H2,1-2H3/t10-/m0/s1. The van der Waals surface area contributed by atoms with Gasteiger partial charge in [-0.2, -0.15) is 18.2 Å². The van der Waals surface area contributed by atoms with Crippen LogP contribution in [0.5, 0.6) is 5.75 Å². The summed E-state index contributed by atoms with van der Waals surface area (Å²) in [4.78, 5) is 18.1. The Morgan fingerprint density at radius 1 is 1.32 bits per heavy atom. The number of benzene rings is 1. The lowest BCUT2D eigenvalue weighted by Crippen LogP contribution is -2.55. The van der Waals surface area contributed by atoms with Crippen LogP contribution in [0.1, 0.15) is 25.3 Å². The predicted octanol–water partition coefficient (Wildman–Crippen LogP) is 2.90. The first-order valence-electron chi connectivity index (χ1n) is 8.73. The summed E-state index contributed by atoms with van der Waals surface area (Å²) >= 11 is 0. The van der Waals surface area contributed by atoms with E-state index < -0.39 is 17.5 Å². The lowest BCUT2D eigenvalue weighted by Gasteiger charge is -2.41. The summed E-state index contributed by atoms with van der Waals surface area (Å²) in [6.45, 7) is 5.14. The maximum atomic E-state index is 12.9. The van der Waals surface area contributed by atoms with Gasteiger partial charge in [-0.05, 0) is 19.9 Å². The molecule has 0 bridgehead atoms.